The van der Waals surface area contributed by atoms with Gasteiger partial charge in [-0.1, -0.05) is 0 Å². The molecule has 2 rings (SSSR count). The molecule has 15 heavy (non-hydrogen) atoms. The molecule has 0 atom stereocenters. The number of H-pyrrole nitrogens is 1. The molecule has 0 aliphatic rings. The van der Waals surface area contributed by atoms with Crippen LogP contribution in [0.2, 0.25) is 0 Å². The minimum atomic E-state index is -4.44. The monoisotopic (exact) mass is 278 g/mol. The Hall–Kier alpha value is -1.04. The van der Waals surface area contributed by atoms with Gasteiger partial charge >= 0.3 is 6.18 Å². The highest BCUT2D eigenvalue weighted by Crippen LogP contribution is 2.31. The Morgan fingerprint density at radius 1 is 1.33 bits per heavy atom. The van der Waals surface area contributed by atoms with Gasteiger partial charge in [-0.2, -0.15) is 13.2 Å². The lowest BCUT2D eigenvalue weighted by Crippen LogP contribution is -2.06. The molecule has 1 aromatic carbocycles. The molecule has 0 aliphatic carbocycles. The van der Waals surface area contributed by atoms with Crippen molar-refractivity contribution in [3.05, 3.63) is 28.0 Å². The molecule has 80 valence electrons. The number of aromatic amines is 1. The highest BCUT2D eigenvalue weighted by molar-refractivity contribution is 9.10. The number of aromatic nitrogens is 2. The van der Waals surface area contributed by atoms with E-state index in [9.17, 15) is 13.2 Å². The SMILES string of the molecule is Cc1cc(Br)c2nc(C(F)(F)F)[nH]c2c1. The predicted octanol–water partition coefficient (Wildman–Crippen LogP) is 3.65. The fourth-order valence-corrected chi connectivity index (χ4v) is 2.01. The van der Waals surface area contributed by atoms with E-state index in [1.165, 1.54) is 0 Å². The third kappa shape index (κ3) is 1.86. The average molecular weight is 279 g/mol. The Kier molecular flexibility index (Phi) is 2.26. The number of hydrogen-bond donors (Lipinski definition) is 1. The second-order valence-corrected chi connectivity index (χ2v) is 4.08. The third-order valence-corrected chi connectivity index (χ3v) is 2.56. The number of alkyl halides is 3. The molecular formula is C9H6BrF3N2. The fraction of sp³-hybridized carbons (Fsp3) is 0.222. The van der Waals surface area contributed by atoms with Crippen LogP contribution in [0, 0.1) is 6.92 Å². The van der Waals surface area contributed by atoms with Crippen molar-refractivity contribution in [2.24, 2.45) is 0 Å². The Bertz CT molecular complexity index is 516. The molecule has 1 aromatic heterocycles. The molecule has 0 fully saturated rings. The molecule has 0 amide bonds. The highest BCUT2D eigenvalue weighted by atomic mass is 79.9. The average Bonchev–Trinajstić information content (AvgIpc) is 2.46. The molecule has 0 spiro atoms. The summed E-state index contributed by atoms with van der Waals surface area (Å²) in [5, 5.41) is 0. The number of rotatable bonds is 0. The number of halogens is 4. The highest BCUT2D eigenvalue weighted by Gasteiger charge is 2.34. The zero-order chi connectivity index (χ0) is 11.2. The minimum Gasteiger partial charge on any atom is -0.334 e. The van der Waals surface area contributed by atoms with E-state index in [4.69, 9.17) is 0 Å². The lowest BCUT2D eigenvalue weighted by molar-refractivity contribution is -0.144. The van der Waals surface area contributed by atoms with E-state index in [-0.39, 0.29) is 0 Å². The van der Waals surface area contributed by atoms with E-state index in [1.54, 1.807) is 19.1 Å². The maximum absolute atomic E-state index is 12.3. The predicted molar refractivity (Wildman–Crippen MR) is 53.5 cm³/mol. The minimum absolute atomic E-state index is 0.299. The van der Waals surface area contributed by atoms with Crippen molar-refractivity contribution in [1.29, 1.82) is 0 Å². The van der Waals surface area contributed by atoms with Crippen molar-refractivity contribution < 1.29 is 13.2 Å². The maximum Gasteiger partial charge on any atom is 0.449 e. The smallest absolute Gasteiger partial charge is 0.334 e. The molecule has 0 bridgehead atoms. The van der Waals surface area contributed by atoms with E-state index < -0.39 is 12.0 Å². The standard InChI is InChI=1S/C9H6BrF3N2/c1-4-2-5(10)7-6(3-4)14-8(15-7)9(11,12)13/h2-3H,1H3,(H,14,15). The van der Waals surface area contributed by atoms with Gasteiger partial charge in [-0.25, -0.2) is 4.98 Å². The number of nitrogens with zero attached hydrogens (tertiary/aromatic N) is 1. The summed E-state index contributed by atoms with van der Waals surface area (Å²) >= 11 is 3.18. The molecule has 1 N–H and O–H groups in total. The summed E-state index contributed by atoms with van der Waals surface area (Å²) in [6, 6.07) is 3.35. The van der Waals surface area contributed by atoms with Gasteiger partial charge in [-0.15, -0.1) is 0 Å². The van der Waals surface area contributed by atoms with Crippen molar-refractivity contribution in [3.8, 4) is 0 Å². The number of fused-ring (bicyclic) bond motifs is 1. The normalized spacial score (nSPS) is 12.3. The summed E-state index contributed by atoms with van der Waals surface area (Å²) in [5.74, 6) is -0.969. The maximum atomic E-state index is 12.3. The van der Waals surface area contributed by atoms with Crippen LogP contribution in [0.25, 0.3) is 11.0 Å². The first kappa shape index (κ1) is 10.5. The molecule has 0 unspecified atom stereocenters. The van der Waals surface area contributed by atoms with Crippen LogP contribution < -0.4 is 0 Å². The van der Waals surface area contributed by atoms with E-state index in [0.29, 0.717) is 15.5 Å². The summed E-state index contributed by atoms with van der Waals surface area (Å²) < 4.78 is 37.6. The number of aryl methyl sites for hydroxylation is 1. The third-order valence-electron chi connectivity index (χ3n) is 1.95. The zero-order valence-corrected chi connectivity index (χ0v) is 9.20. The second kappa shape index (κ2) is 3.23. The van der Waals surface area contributed by atoms with Gasteiger partial charge in [0, 0.05) is 4.47 Å². The molecule has 2 nitrogen and oxygen atoms in total. The number of nitrogens with one attached hydrogen (secondary N) is 1. The summed E-state index contributed by atoms with van der Waals surface area (Å²) in [6.45, 7) is 1.80. The lowest BCUT2D eigenvalue weighted by Gasteiger charge is -1.98. The van der Waals surface area contributed by atoms with Crippen LogP contribution in [0.5, 0.6) is 0 Å². The fourth-order valence-electron chi connectivity index (χ4n) is 1.35. The van der Waals surface area contributed by atoms with Crippen molar-refractivity contribution in [1.82, 2.24) is 9.97 Å². The first-order chi connectivity index (χ1) is 6.88. The largest absolute Gasteiger partial charge is 0.449 e. The molecule has 1 heterocycles. The van der Waals surface area contributed by atoms with Crippen molar-refractivity contribution in [2.75, 3.05) is 0 Å². The first-order valence-corrected chi connectivity index (χ1v) is 4.90. The van der Waals surface area contributed by atoms with Crippen LogP contribution in [0.15, 0.2) is 16.6 Å². The van der Waals surface area contributed by atoms with E-state index in [2.05, 4.69) is 25.9 Å². The van der Waals surface area contributed by atoms with Gasteiger partial charge in [0.1, 0.15) is 5.52 Å². The number of imidazole rings is 1. The van der Waals surface area contributed by atoms with Crippen LogP contribution >= 0.6 is 15.9 Å². The van der Waals surface area contributed by atoms with Crippen LogP contribution in [0.3, 0.4) is 0 Å². The zero-order valence-electron chi connectivity index (χ0n) is 7.61. The van der Waals surface area contributed by atoms with Crippen molar-refractivity contribution in [3.63, 3.8) is 0 Å². The number of hydrogen-bond acceptors (Lipinski definition) is 1. The molecule has 0 aliphatic heterocycles. The van der Waals surface area contributed by atoms with Crippen LogP contribution in [-0.4, -0.2) is 9.97 Å². The summed E-state index contributed by atoms with van der Waals surface area (Å²) in [7, 11) is 0. The van der Waals surface area contributed by atoms with E-state index >= 15 is 0 Å². The molecule has 0 saturated heterocycles. The quantitative estimate of drug-likeness (QED) is 0.783. The van der Waals surface area contributed by atoms with Gasteiger partial charge in [-0.05, 0) is 40.5 Å². The lowest BCUT2D eigenvalue weighted by atomic mass is 10.2. The molecular weight excluding hydrogens is 273 g/mol. The second-order valence-electron chi connectivity index (χ2n) is 3.23. The van der Waals surface area contributed by atoms with E-state index in [0.717, 1.165) is 5.56 Å². The van der Waals surface area contributed by atoms with Crippen molar-refractivity contribution >= 4 is 27.0 Å². The summed E-state index contributed by atoms with van der Waals surface area (Å²) in [5.41, 5.74) is 1.55. The van der Waals surface area contributed by atoms with Crippen LogP contribution in [0.4, 0.5) is 13.2 Å². The van der Waals surface area contributed by atoms with Gasteiger partial charge in [0.05, 0.1) is 5.52 Å². The molecule has 2 aromatic rings. The van der Waals surface area contributed by atoms with Gasteiger partial charge in [0.25, 0.3) is 0 Å². The van der Waals surface area contributed by atoms with Crippen LogP contribution in [-0.2, 0) is 6.18 Å². The van der Waals surface area contributed by atoms with E-state index in [1.807, 2.05) is 0 Å². The van der Waals surface area contributed by atoms with Crippen molar-refractivity contribution in [2.45, 2.75) is 13.1 Å². The topological polar surface area (TPSA) is 28.7 Å². The molecule has 0 radical (unpaired) electrons. The Balaban J connectivity index is 2.71. The Morgan fingerprint density at radius 3 is 2.60 bits per heavy atom. The summed E-state index contributed by atoms with van der Waals surface area (Å²) in [4.78, 5) is 5.75. The Labute approximate surface area is 91.6 Å². The van der Waals surface area contributed by atoms with Crippen LogP contribution in [0.1, 0.15) is 11.4 Å². The molecule has 0 saturated carbocycles. The van der Waals surface area contributed by atoms with Gasteiger partial charge < -0.3 is 4.98 Å². The van der Waals surface area contributed by atoms with Gasteiger partial charge in [0.15, 0.2) is 0 Å². The first-order valence-electron chi connectivity index (χ1n) is 4.11. The molecule has 6 heteroatoms. The van der Waals surface area contributed by atoms with Gasteiger partial charge in [0.2, 0.25) is 5.82 Å². The number of benzene rings is 1. The summed E-state index contributed by atoms with van der Waals surface area (Å²) in [6.07, 6.45) is -4.44. The Morgan fingerprint density at radius 2 is 2.00 bits per heavy atom. The van der Waals surface area contributed by atoms with Gasteiger partial charge in [-0.3, -0.25) is 0 Å².